The van der Waals surface area contributed by atoms with Crippen LogP contribution in [0.1, 0.15) is 42.1 Å². The van der Waals surface area contributed by atoms with Crippen LogP contribution in [0.2, 0.25) is 0 Å². The van der Waals surface area contributed by atoms with Crippen LogP contribution in [0.15, 0.2) is 48.5 Å². The van der Waals surface area contributed by atoms with Crippen molar-refractivity contribution in [2.24, 2.45) is 0 Å². The van der Waals surface area contributed by atoms with Crippen molar-refractivity contribution < 1.29 is 14.3 Å². The number of carbonyl (C=O) groups excluding carboxylic acids is 1. The lowest BCUT2D eigenvalue weighted by Crippen LogP contribution is -2.24. The summed E-state index contributed by atoms with van der Waals surface area (Å²) < 4.78 is 11.0. The minimum Gasteiger partial charge on any atom is -0.493 e. The molecule has 25 heavy (non-hydrogen) atoms. The molecule has 2 aromatic rings. The fourth-order valence-electron chi connectivity index (χ4n) is 2.50. The molecule has 0 aliphatic carbocycles. The normalized spacial score (nSPS) is 10.3. The number of unbranched alkanes of at least 4 members (excludes halogenated alkanes) is 1. The highest BCUT2D eigenvalue weighted by Crippen LogP contribution is 2.28. The third-order valence-corrected chi connectivity index (χ3v) is 3.95. The Morgan fingerprint density at radius 1 is 1.04 bits per heavy atom. The van der Waals surface area contributed by atoms with Gasteiger partial charge in [0, 0.05) is 12.1 Å². The Labute approximate surface area is 150 Å². The molecular formula is C21H27NO3. The van der Waals surface area contributed by atoms with Crippen molar-refractivity contribution in [1.29, 1.82) is 0 Å². The zero-order valence-corrected chi connectivity index (χ0v) is 15.1. The molecule has 2 aromatic carbocycles. The Kier molecular flexibility index (Phi) is 7.83. The number of hydrogen-bond donors (Lipinski definition) is 1. The van der Waals surface area contributed by atoms with Crippen LogP contribution in [0.25, 0.3) is 0 Å². The summed E-state index contributed by atoms with van der Waals surface area (Å²) >= 11 is 0. The van der Waals surface area contributed by atoms with E-state index in [0.29, 0.717) is 30.2 Å². The van der Waals surface area contributed by atoms with Gasteiger partial charge < -0.3 is 14.8 Å². The van der Waals surface area contributed by atoms with Crippen LogP contribution in [0.4, 0.5) is 0 Å². The standard InChI is InChI=1S/C21H27NO3/c1-3-4-15-25-19-13-12-18(16-20(19)24-2)21(23)22-14-8-11-17-9-6-5-7-10-17/h5-7,9-10,12-13,16H,3-4,8,11,14-15H2,1-2H3,(H,22,23). The maximum atomic E-state index is 12.3. The first-order valence-electron chi connectivity index (χ1n) is 8.87. The van der Waals surface area contributed by atoms with Crippen LogP contribution < -0.4 is 14.8 Å². The molecule has 134 valence electrons. The van der Waals surface area contributed by atoms with Crippen molar-refractivity contribution in [3.05, 3.63) is 59.7 Å². The number of benzene rings is 2. The third-order valence-electron chi connectivity index (χ3n) is 3.95. The van der Waals surface area contributed by atoms with Gasteiger partial charge in [-0.3, -0.25) is 4.79 Å². The zero-order chi connectivity index (χ0) is 17.9. The molecule has 0 saturated carbocycles. The lowest BCUT2D eigenvalue weighted by Gasteiger charge is -2.12. The second-order valence-electron chi connectivity index (χ2n) is 5.91. The molecule has 0 saturated heterocycles. The van der Waals surface area contributed by atoms with Gasteiger partial charge in [0.15, 0.2) is 11.5 Å². The second kappa shape index (κ2) is 10.4. The first kappa shape index (κ1) is 18.8. The van der Waals surface area contributed by atoms with E-state index in [-0.39, 0.29) is 5.91 Å². The van der Waals surface area contributed by atoms with Crippen LogP contribution in [0.3, 0.4) is 0 Å². The average Bonchev–Trinajstić information content (AvgIpc) is 2.66. The van der Waals surface area contributed by atoms with Crippen LogP contribution in [-0.4, -0.2) is 26.2 Å². The summed E-state index contributed by atoms with van der Waals surface area (Å²) in [6, 6.07) is 15.6. The highest BCUT2D eigenvalue weighted by molar-refractivity contribution is 5.94. The van der Waals surface area contributed by atoms with Crippen molar-refractivity contribution in [3.8, 4) is 11.5 Å². The lowest BCUT2D eigenvalue weighted by molar-refractivity contribution is 0.0953. The molecule has 1 N–H and O–H groups in total. The van der Waals surface area contributed by atoms with Gasteiger partial charge in [0.05, 0.1) is 13.7 Å². The molecule has 0 bridgehead atoms. The van der Waals surface area contributed by atoms with E-state index in [9.17, 15) is 4.79 Å². The van der Waals surface area contributed by atoms with Crippen LogP contribution in [-0.2, 0) is 6.42 Å². The smallest absolute Gasteiger partial charge is 0.251 e. The molecule has 0 unspecified atom stereocenters. The van der Waals surface area contributed by atoms with E-state index in [1.807, 2.05) is 18.2 Å². The molecule has 2 rings (SSSR count). The Morgan fingerprint density at radius 2 is 1.84 bits per heavy atom. The summed E-state index contributed by atoms with van der Waals surface area (Å²) in [5, 5.41) is 2.96. The van der Waals surface area contributed by atoms with E-state index in [4.69, 9.17) is 9.47 Å². The maximum absolute atomic E-state index is 12.3. The molecule has 0 aliphatic rings. The molecule has 4 nitrogen and oxygen atoms in total. The monoisotopic (exact) mass is 341 g/mol. The average molecular weight is 341 g/mol. The molecule has 0 heterocycles. The van der Waals surface area contributed by atoms with Crippen molar-refractivity contribution in [1.82, 2.24) is 5.32 Å². The van der Waals surface area contributed by atoms with E-state index in [1.165, 1.54) is 5.56 Å². The van der Waals surface area contributed by atoms with E-state index in [0.717, 1.165) is 25.7 Å². The van der Waals surface area contributed by atoms with Gasteiger partial charge in [-0.25, -0.2) is 0 Å². The molecule has 4 heteroatoms. The van der Waals surface area contributed by atoms with Gasteiger partial charge in [0.1, 0.15) is 0 Å². The number of hydrogen-bond acceptors (Lipinski definition) is 3. The summed E-state index contributed by atoms with van der Waals surface area (Å²) in [7, 11) is 1.59. The van der Waals surface area contributed by atoms with E-state index in [1.54, 1.807) is 25.3 Å². The predicted octanol–water partition coefficient (Wildman–Crippen LogP) is 4.24. The third kappa shape index (κ3) is 6.14. The number of ether oxygens (including phenoxy) is 2. The van der Waals surface area contributed by atoms with Gasteiger partial charge in [-0.2, -0.15) is 0 Å². The molecule has 0 spiro atoms. The Balaban J connectivity index is 1.84. The minimum absolute atomic E-state index is 0.0912. The Morgan fingerprint density at radius 3 is 2.56 bits per heavy atom. The number of amides is 1. The quantitative estimate of drug-likeness (QED) is 0.658. The number of rotatable bonds is 10. The predicted molar refractivity (Wildman–Crippen MR) is 100 cm³/mol. The second-order valence-corrected chi connectivity index (χ2v) is 5.91. The fraction of sp³-hybridized carbons (Fsp3) is 0.381. The van der Waals surface area contributed by atoms with Crippen LogP contribution in [0, 0.1) is 0 Å². The summed E-state index contributed by atoms with van der Waals surface area (Å²) in [4.78, 5) is 12.3. The molecule has 0 aromatic heterocycles. The molecule has 0 fully saturated rings. The molecular weight excluding hydrogens is 314 g/mol. The van der Waals surface area contributed by atoms with E-state index >= 15 is 0 Å². The van der Waals surface area contributed by atoms with Gasteiger partial charge in [-0.05, 0) is 43.0 Å². The van der Waals surface area contributed by atoms with Crippen molar-refractivity contribution in [2.45, 2.75) is 32.6 Å². The van der Waals surface area contributed by atoms with Crippen molar-refractivity contribution in [2.75, 3.05) is 20.3 Å². The number of methoxy groups -OCH3 is 1. The van der Waals surface area contributed by atoms with Gasteiger partial charge >= 0.3 is 0 Å². The molecule has 0 radical (unpaired) electrons. The molecule has 0 atom stereocenters. The summed E-state index contributed by atoms with van der Waals surface area (Å²) in [5.74, 6) is 1.18. The lowest BCUT2D eigenvalue weighted by atomic mass is 10.1. The Hall–Kier alpha value is -2.49. The summed E-state index contributed by atoms with van der Waals surface area (Å²) in [5.41, 5.74) is 1.87. The summed E-state index contributed by atoms with van der Waals surface area (Å²) in [6.45, 7) is 3.41. The van der Waals surface area contributed by atoms with Crippen LogP contribution >= 0.6 is 0 Å². The number of nitrogens with one attached hydrogen (secondary N) is 1. The van der Waals surface area contributed by atoms with Crippen molar-refractivity contribution in [3.63, 3.8) is 0 Å². The zero-order valence-electron chi connectivity index (χ0n) is 15.1. The Bertz CT molecular complexity index is 655. The van der Waals surface area contributed by atoms with Gasteiger partial charge in [0.2, 0.25) is 0 Å². The first-order valence-corrected chi connectivity index (χ1v) is 8.87. The van der Waals surface area contributed by atoms with Gasteiger partial charge in [-0.1, -0.05) is 43.7 Å². The van der Waals surface area contributed by atoms with Gasteiger partial charge in [0.25, 0.3) is 5.91 Å². The summed E-state index contributed by atoms with van der Waals surface area (Å²) in [6.07, 6.45) is 3.93. The highest BCUT2D eigenvalue weighted by Gasteiger charge is 2.11. The first-order chi connectivity index (χ1) is 12.2. The minimum atomic E-state index is -0.0912. The van der Waals surface area contributed by atoms with Crippen LogP contribution in [0.5, 0.6) is 11.5 Å². The fourth-order valence-corrected chi connectivity index (χ4v) is 2.50. The number of carbonyl (C=O) groups is 1. The van der Waals surface area contributed by atoms with Crippen molar-refractivity contribution >= 4 is 5.91 Å². The largest absolute Gasteiger partial charge is 0.493 e. The maximum Gasteiger partial charge on any atom is 0.251 e. The van der Waals surface area contributed by atoms with E-state index < -0.39 is 0 Å². The highest BCUT2D eigenvalue weighted by atomic mass is 16.5. The van der Waals surface area contributed by atoms with E-state index in [2.05, 4.69) is 24.4 Å². The molecule has 1 amide bonds. The number of aryl methyl sites for hydroxylation is 1. The SMILES string of the molecule is CCCCOc1ccc(C(=O)NCCCc2ccccc2)cc1OC. The van der Waals surface area contributed by atoms with Gasteiger partial charge in [-0.15, -0.1) is 0 Å². The molecule has 0 aliphatic heterocycles. The topological polar surface area (TPSA) is 47.6 Å².